The predicted molar refractivity (Wildman–Crippen MR) is 126 cm³/mol. The molecule has 1 fully saturated rings. The molecule has 6 nitrogen and oxygen atoms in total. The lowest BCUT2D eigenvalue weighted by Crippen LogP contribution is -2.44. The first kappa shape index (κ1) is 22.7. The van der Waals surface area contributed by atoms with E-state index in [1.165, 1.54) is 6.08 Å². The number of nitrogens with one attached hydrogen (secondary N) is 1. The van der Waals surface area contributed by atoms with Gasteiger partial charge in [-0.1, -0.05) is 37.0 Å². The summed E-state index contributed by atoms with van der Waals surface area (Å²) in [5, 5.41) is 8.58. The lowest BCUT2D eigenvalue weighted by molar-refractivity contribution is -0.111. The van der Waals surface area contributed by atoms with Gasteiger partial charge in [0.25, 0.3) is 0 Å². The molecule has 0 spiro atoms. The number of hydrogen-bond donors (Lipinski definition) is 1. The van der Waals surface area contributed by atoms with E-state index in [1.54, 1.807) is 16.8 Å². The van der Waals surface area contributed by atoms with Gasteiger partial charge in [-0.25, -0.2) is 0 Å². The van der Waals surface area contributed by atoms with Crippen LogP contribution in [-0.2, 0) is 11.3 Å². The molecule has 3 rings (SSSR count). The second-order valence-electron chi connectivity index (χ2n) is 8.14. The minimum atomic E-state index is -0.236. The number of benzene rings is 1. The van der Waals surface area contributed by atoms with Gasteiger partial charge in [0.05, 0.1) is 17.1 Å². The summed E-state index contributed by atoms with van der Waals surface area (Å²) in [5.74, 6) is 0.192. The minimum Gasteiger partial charge on any atom is -0.367 e. The molecule has 1 aliphatic rings. The van der Waals surface area contributed by atoms with Gasteiger partial charge in [-0.3, -0.25) is 9.48 Å². The fourth-order valence-corrected chi connectivity index (χ4v) is 3.97. The summed E-state index contributed by atoms with van der Waals surface area (Å²) in [6, 6.07) is 5.61. The Bertz CT molecular complexity index is 930. The molecule has 1 amide bonds. The maximum absolute atomic E-state index is 12.7. The van der Waals surface area contributed by atoms with Crippen molar-refractivity contribution in [3.05, 3.63) is 45.7 Å². The minimum absolute atomic E-state index is 0.236. The van der Waals surface area contributed by atoms with E-state index in [0.717, 1.165) is 49.7 Å². The number of carbonyl (C=O) groups excluding carboxylic acids is 1. The summed E-state index contributed by atoms with van der Waals surface area (Å²) in [6.07, 6.45) is 3.21. The van der Waals surface area contributed by atoms with Crippen molar-refractivity contribution < 1.29 is 4.79 Å². The van der Waals surface area contributed by atoms with Crippen LogP contribution in [0, 0.1) is 12.8 Å². The number of amides is 1. The van der Waals surface area contributed by atoms with Gasteiger partial charge in [0.1, 0.15) is 5.15 Å². The Hall–Kier alpha value is -2.02. The number of halogens is 2. The van der Waals surface area contributed by atoms with E-state index in [-0.39, 0.29) is 5.91 Å². The molecule has 162 valence electrons. The van der Waals surface area contributed by atoms with Crippen LogP contribution in [0.3, 0.4) is 0 Å². The molecule has 0 aliphatic carbocycles. The highest BCUT2D eigenvalue weighted by molar-refractivity contribution is 6.31. The molecule has 1 saturated heterocycles. The van der Waals surface area contributed by atoms with E-state index in [9.17, 15) is 4.79 Å². The molecule has 2 heterocycles. The van der Waals surface area contributed by atoms with Crippen LogP contribution in [0.1, 0.15) is 25.1 Å². The first-order chi connectivity index (χ1) is 14.2. The molecule has 1 aromatic carbocycles. The van der Waals surface area contributed by atoms with Gasteiger partial charge in [-0.15, -0.1) is 0 Å². The van der Waals surface area contributed by atoms with E-state index >= 15 is 0 Å². The number of aromatic nitrogens is 2. The molecule has 0 saturated carbocycles. The van der Waals surface area contributed by atoms with Crippen LogP contribution in [0.25, 0.3) is 6.08 Å². The zero-order valence-electron chi connectivity index (χ0n) is 18.0. The van der Waals surface area contributed by atoms with Crippen LogP contribution < -0.4 is 10.2 Å². The van der Waals surface area contributed by atoms with Crippen molar-refractivity contribution in [3.8, 4) is 0 Å². The number of nitrogens with zero attached hydrogens (tertiary/aromatic N) is 4. The molecular weight excluding hydrogens is 421 g/mol. The molecule has 0 bridgehead atoms. The normalized spacial score (nSPS) is 15.4. The van der Waals surface area contributed by atoms with Crippen molar-refractivity contribution in [2.45, 2.75) is 27.3 Å². The van der Waals surface area contributed by atoms with Gasteiger partial charge in [-0.05, 0) is 44.2 Å². The molecule has 8 heteroatoms. The van der Waals surface area contributed by atoms with Gasteiger partial charge in [0.15, 0.2) is 0 Å². The van der Waals surface area contributed by atoms with Crippen molar-refractivity contribution in [1.82, 2.24) is 14.7 Å². The molecule has 0 unspecified atom stereocenters. The van der Waals surface area contributed by atoms with Gasteiger partial charge in [-0.2, -0.15) is 5.10 Å². The summed E-state index contributed by atoms with van der Waals surface area (Å²) in [4.78, 5) is 17.2. The lowest BCUT2D eigenvalue weighted by Gasteiger charge is -2.35. The highest BCUT2D eigenvalue weighted by Gasteiger charge is 2.18. The molecule has 2 aromatic rings. The molecule has 30 heavy (non-hydrogen) atoms. The molecule has 1 N–H and O–H groups in total. The number of hydrogen-bond acceptors (Lipinski definition) is 4. The van der Waals surface area contributed by atoms with Crippen molar-refractivity contribution in [1.29, 1.82) is 0 Å². The monoisotopic (exact) mass is 449 g/mol. The average Bonchev–Trinajstić information content (AvgIpc) is 2.93. The number of piperazine rings is 1. The maximum atomic E-state index is 12.7. The Morgan fingerprint density at radius 3 is 2.60 bits per heavy atom. The van der Waals surface area contributed by atoms with Crippen LogP contribution >= 0.6 is 23.2 Å². The Kier molecular flexibility index (Phi) is 7.45. The second-order valence-corrected chi connectivity index (χ2v) is 8.93. The Morgan fingerprint density at radius 1 is 1.23 bits per heavy atom. The molecule has 1 aliphatic heterocycles. The summed E-state index contributed by atoms with van der Waals surface area (Å²) in [6.45, 7) is 10.6. The zero-order valence-corrected chi connectivity index (χ0v) is 19.5. The smallest absolute Gasteiger partial charge is 0.248 e. The number of likely N-dealkylation sites (N-methyl/N-ethyl adjacent to an activating group) is 1. The molecule has 0 atom stereocenters. The van der Waals surface area contributed by atoms with E-state index in [1.807, 2.05) is 19.1 Å². The van der Waals surface area contributed by atoms with Gasteiger partial charge in [0, 0.05) is 49.4 Å². The maximum Gasteiger partial charge on any atom is 0.248 e. The predicted octanol–water partition coefficient (Wildman–Crippen LogP) is 4.56. The lowest BCUT2D eigenvalue weighted by atomic mass is 10.2. The first-order valence-corrected chi connectivity index (χ1v) is 10.9. The van der Waals surface area contributed by atoms with Crippen LogP contribution in [0.5, 0.6) is 0 Å². The fourth-order valence-electron chi connectivity index (χ4n) is 3.49. The molecule has 0 radical (unpaired) electrons. The quantitative estimate of drug-likeness (QED) is 0.656. The summed E-state index contributed by atoms with van der Waals surface area (Å²) in [7, 11) is 2.11. The van der Waals surface area contributed by atoms with Crippen LogP contribution in [0.2, 0.25) is 10.2 Å². The Labute approximate surface area is 188 Å². The summed E-state index contributed by atoms with van der Waals surface area (Å²) >= 11 is 12.7. The zero-order chi connectivity index (χ0) is 21.8. The van der Waals surface area contributed by atoms with Gasteiger partial charge >= 0.3 is 0 Å². The van der Waals surface area contributed by atoms with Crippen molar-refractivity contribution in [2.75, 3.05) is 43.4 Å². The van der Waals surface area contributed by atoms with Crippen LogP contribution in [0.15, 0.2) is 24.3 Å². The molecule has 1 aromatic heterocycles. The first-order valence-electron chi connectivity index (χ1n) is 10.2. The van der Waals surface area contributed by atoms with E-state index in [0.29, 0.717) is 21.8 Å². The topological polar surface area (TPSA) is 53.4 Å². The van der Waals surface area contributed by atoms with Gasteiger partial charge in [0.2, 0.25) is 5.91 Å². The van der Waals surface area contributed by atoms with Crippen molar-refractivity contribution >= 4 is 46.6 Å². The second kappa shape index (κ2) is 9.86. The average molecular weight is 450 g/mol. The van der Waals surface area contributed by atoms with Crippen molar-refractivity contribution in [2.24, 2.45) is 5.92 Å². The van der Waals surface area contributed by atoms with E-state index in [2.05, 4.69) is 41.1 Å². The Morgan fingerprint density at radius 2 is 1.93 bits per heavy atom. The van der Waals surface area contributed by atoms with Crippen LogP contribution in [0.4, 0.5) is 11.4 Å². The third-order valence-corrected chi connectivity index (χ3v) is 5.74. The number of rotatable bonds is 6. The van der Waals surface area contributed by atoms with Crippen LogP contribution in [-0.4, -0.2) is 53.8 Å². The third kappa shape index (κ3) is 5.56. The number of aryl methyl sites for hydroxylation is 1. The summed E-state index contributed by atoms with van der Waals surface area (Å²) < 4.78 is 1.78. The van der Waals surface area contributed by atoms with Gasteiger partial charge < -0.3 is 15.1 Å². The van der Waals surface area contributed by atoms with E-state index in [4.69, 9.17) is 23.2 Å². The fraction of sp³-hybridized carbons (Fsp3) is 0.455. The number of carbonyl (C=O) groups is 1. The highest BCUT2D eigenvalue weighted by atomic mass is 35.5. The SMILES string of the molecule is Cc1nn(CC(C)C)c(Cl)c1/C=C/C(=O)Nc1cc(Cl)ccc1N1CCN(C)CC1. The largest absolute Gasteiger partial charge is 0.367 e. The molecular formula is C22H29Cl2N5O. The van der Waals surface area contributed by atoms with Crippen molar-refractivity contribution in [3.63, 3.8) is 0 Å². The third-order valence-electron chi connectivity index (χ3n) is 5.11. The van der Waals surface area contributed by atoms with E-state index < -0.39 is 0 Å². The Balaban J connectivity index is 1.75. The summed E-state index contributed by atoms with van der Waals surface area (Å²) in [5.41, 5.74) is 3.25. The highest BCUT2D eigenvalue weighted by Crippen LogP contribution is 2.30. The standard InChI is InChI=1S/C22H29Cl2N5O/c1-15(2)14-29-22(24)18(16(3)26-29)6-8-21(30)25-19-13-17(23)5-7-20(19)28-11-9-27(4)10-12-28/h5-8,13,15H,9-12,14H2,1-4H3,(H,25,30)/b8-6+. The number of anilines is 2.